The van der Waals surface area contributed by atoms with Crippen molar-refractivity contribution in [2.75, 3.05) is 0 Å². The number of halogens is 2. The summed E-state index contributed by atoms with van der Waals surface area (Å²) in [6.07, 6.45) is -3.49. The van der Waals surface area contributed by atoms with E-state index in [2.05, 4.69) is 4.74 Å². The van der Waals surface area contributed by atoms with E-state index in [1.54, 1.807) is 0 Å². The van der Waals surface area contributed by atoms with Crippen molar-refractivity contribution in [1.29, 1.82) is 0 Å². The largest absolute Gasteiger partial charge is 0.465 e. The molecule has 0 amide bonds. The van der Waals surface area contributed by atoms with Crippen LogP contribution in [0.1, 0.15) is 13.3 Å². The molecule has 3 fully saturated rings. The van der Waals surface area contributed by atoms with E-state index in [0.717, 1.165) is 0 Å². The maximum absolute atomic E-state index is 13.2. The first kappa shape index (κ1) is 16.0. The number of fused-ring (bicyclic) bond motifs is 1. The highest BCUT2D eigenvalue weighted by molar-refractivity contribution is 7.88. The predicted octanol–water partition coefficient (Wildman–Crippen LogP) is -0.963. The van der Waals surface area contributed by atoms with Gasteiger partial charge < -0.3 is 9.47 Å². The number of carbonyl (C=O) groups is 1. The molecule has 0 saturated carbocycles. The quantitative estimate of drug-likeness (QED) is 0.382. The highest BCUT2D eigenvalue weighted by Gasteiger charge is 2.75. The minimum Gasteiger partial charge on any atom is -0.453 e. The minimum absolute atomic E-state index is 0.0123. The van der Waals surface area contributed by atoms with Crippen LogP contribution in [0.2, 0.25) is 0 Å². The topological polar surface area (TPSA) is 133 Å². The van der Waals surface area contributed by atoms with Crippen LogP contribution < -0.4 is 0 Å². The molecule has 0 aromatic heterocycles. The maximum Gasteiger partial charge on any atom is 0.465 e. The number of carbonyl (C=O) groups excluding carboxylic acids is 1. The van der Waals surface area contributed by atoms with Gasteiger partial charge in [-0.3, -0.25) is 8.74 Å². The van der Waals surface area contributed by atoms with E-state index in [0.29, 0.717) is 0 Å². The summed E-state index contributed by atoms with van der Waals surface area (Å²) >= 11 is 0. The average molecular weight is 364 g/mol. The Morgan fingerprint density at radius 3 is 2.59 bits per heavy atom. The Bertz CT molecular complexity index is 745. The summed E-state index contributed by atoms with van der Waals surface area (Å²) in [4.78, 5) is 11.3. The monoisotopic (exact) mass is 364 g/mol. The first-order chi connectivity index (χ1) is 9.81. The molecule has 13 heteroatoms. The Morgan fingerprint density at radius 1 is 1.45 bits per heavy atom. The van der Waals surface area contributed by atoms with E-state index in [1.807, 2.05) is 0 Å². The van der Waals surface area contributed by atoms with Gasteiger partial charge in [-0.25, -0.2) is 4.79 Å². The van der Waals surface area contributed by atoms with Crippen LogP contribution in [-0.2, 0) is 38.7 Å². The molecule has 126 valence electrons. The number of hydrogen-bond donors (Lipinski definition) is 1. The summed E-state index contributed by atoms with van der Waals surface area (Å²) in [5.41, 5.74) is -1.36. The molecule has 3 rings (SSSR count). The molecule has 0 radical (unpaired) electrons. The number of rotatable bonds is 3. The zero-order chi connectivity index (χ0) is 16.7. The van der Waals surface area contributed by atoms with Gasteiger partial charge in [-0.1, -0.05) is 0 Å². The van der Waals surface area contributed by atoms with Crippen LogP contribution in [0.5, 0.6) is 0 Å². The second kappa shape index (κ2) is 4.14. The van der Waals surface area contributed by atoms with Crippen LogP contribution in [0, 0.1) is 0 Å². The predicted molar refractivity (Wildman–Crippen MR) is 61.9 cm³/mol. The molecule has 0 aromatic rings. The van der Waals surface area contributed by atoms with Crippen LogP contribution in [0.25, 0.3) is 0 Å². The second-order valence-electron chi connectivity index (χ2n) is 5.44. The number of alkyl halides is 2. The van der Waals surface area contributed by atoms with Crippen LogP contribution >= 0.6 is 0 Å². The van der Waals surface area contributed by atoms with E-state index in [-0.39, 0.29) is 6.42 Å². The molecule has 2 bridgehead atoms. The van der Waals surface area contributed by atoms with E-state index < -0.39 is 60.6 Å². The van der Waals surface area contributed by atoms with Crippen LogP contribution in [0.3, 0.4) is 0 Å². The van der Waals surface area contributed by atoms with Crippen molar-refractivity contribution in [3.05, 3.63) is 0 Å². The summed E-state index contributed by atoms with van der Waals surface area (Å²) in [5, 5.41) is -6.75. The molecular formula is C9H10F2O9S2. The normalized spacial score (nSPS) is 42.5. The van der Waals surface area contributed by atoms with Crippen molar-refractivity contribution < 1.29 is 48.6 Å². The highest BCUT2D eigenvalue weighted by Crippen LogP contribution is 2.55. The van der Waals surface area contributed by atoms with Gasteiger partial charge in [0.15, 0.2) is 11.4 Å². The van der Waals surface area contributed by atoms with Gasteiger partial charge in [-0.05, 0) is 6.92 Å². The molecule has 0 aliphatic carbocycles. The van der Waals surface area contributed by atoms with Crippen molar-refractivity contribution in [3.8, 4) is 0 Å². The van der Waals surface area contributed by atoms with E-state index >= 15 is 0 Å². The summed E-state index contributed by atoms with van der Waals surface area (Å²) in [6.45, 7) is 1.38. The fourth-order valence-corrected chi connectivity index (χ4v) is 5.42. The van der Waals surface area contributed by atoms with E-state index in [4.69, 9.17) is 13.5 Å². The molecule has 9 nitrogen and oxygen atoms in total. The van der Waals surface area contributed by atoms with Crippen LogP contribution in [-0.4, -0.2) is 61.8 Å². The third kappa shape index (κ3) is 1.86. The van der Waals surface area contributed by atoms with Gasteiger partial charge in [0.2, 0.25) is 0 Å². The van der Waals surface area contributed by atoms with Crippen LogP contribution in [0.15, 0.2) is 0 Å². The van der Waals surface area contributed by atoms with Crippen molar-refractivity contribution in [2.24, 2.45) is 0 Å². The first-order valence-corrected chi connectivity index (χ1v) is 8.88. The molecule has 3 heterocycles. The molecule has 0 spiro atoms. The van der Waals surface area contributed by atoms with Gasteiger partial charge in [0.25, 0.3) is 10.1 Å². The first-order valence-electron chi connectivity index (χ1n) is 5.96. The second-order valence-corrected chi connectivity index (χ2v) is 8.58. The van der Waals surface area contributed by atoms with Gasteiger partial charge in [-0.15, -0.1) is 0 Å². The Morgan fingerprint density at radius 2 is 2.05 bits per heavy atom. The SMILES string of the molecule is CC12OC3CC1OS(=O)(=O)C2C3OC(=O)C(F)(F)S(=O)(=O)O. The molecule has 3 aliphatic heterocycles. The molecular weight excluding hydrogens is 354 g/mol. The molecule has 22 heavy (non-hydrogen) atoms. The number of ether oxygens (including phenoxy) is 2. The summed E-state index contributed by atoms with van der Waals surface area (Å²) < 4.78 is 94.1. The smallest absolute Gasteiger partial charge is 0.453 e. The van der Waals surface area contributed by atoms with Crippen molar-refractivity contribution in [1.82, 2.24) is 0 Å². The lowest BCUT2D eigenvalue weighted by molar-refractivity contribution is -0.169. The third-order valence-electron chi connectivity index (χ3n) is 4.09. The molecule has 1 N–H and O–H groups in total. The molecule has 0 aromatic carbocycles. The van der Waals surface area contributed by atoms with Crippen molar-refractivity contribution in [2.45, 2.75) is 47.8 Å². The molecule has 5 unspecified atom stereocenters. The average Bonchev–Trinajstić information content (AvgIpc) is 2.79. The fourth-order valence-electron chi connectivity index (χ4n) is 3.11. The summed E-state index contributed by atoms with van der Waals surface area (Å²) in [6, 6.07) is 0. The Labute approximate surface area is 123 Å². The van der Waals surface area contributed by atoms with Gasteiger partial charge in [0.1, 0.15) is 11.7 Å². The van der Waals surface area contributed by atoms with E-state index in [9.17, 15) is 30.4 Å². The molecule has 5 atom stereocenters. The zero-order valence-corrected chi connectivity index (χ0v) is 12.4. The minimum atomic E-state index is -6.04. The lowest BCUT2D eigenvalue weighted by Gasteiger charge is -2.27. The van der Waals surface area contributed by atoms with Gasteiger partial charge in [0.05, 0.1) is 6.10 Å². The Balaban J connectivity index is 1.91. The van der Waals surface area contributed by atoms with E-state index in [1.165, 1.54) is 6.92 Å². The fraction of sp³-hybridized carbons (Fsp3) is 0.889. The Kier molecular flexibility index (Phi) is 3.01. The Hall–Kier alpha value is -0.890. The highest BCUT2D eigenvalue weighted by atomic mass is 32.2. The zero-order valence-electron chi connectivity index (χ0n) is 10.8. The third-order valence-corrected chi connectivity index (χ3v) is 6.76. The molecule has 3 saturated heterocycles. The number of esters is 1. The van der Waals surface area contributed by atoms with Crippen LogP contribution in [0.4, 0.5) is 8.78 Å². The number of hydrogen-bond acceptors (Lipinski definition) is 8. The maximum atomic E-state index is 13.2. The van der Waals surface area contributed by atoms with Crippen molar-refractivity contribution >= 4 is 26.2 Å². The molecule has 3 aliphatic rings. The van der Waals surface area contributed by atoms with Gasteiger partial charge in [-0.2, -0.15) is 25.6 Å². The lowest BCUT2D eigenvalue weighted by Crippen LogP contribution is -2.51. The lowest BCUT2D eigenvalue weighted by atomic mass is 9.85. The van der Waals surface area contributed by atoms with Crippen molar-refractivity contribution in [3.63, 3.8) is 0 Å². The summed E-state index contributed by atoms with van der Waals surface area (Å²) in [5.74, 6) is -2.57. The summed E-state index contributed by atoms with van der Waals surface area (Å²) in [7, 11) is -10.3. The van der Waals surface area contributed by atoms with Gasteiger partial charge >= 0.3 is 21.3 Å². The standard InChI is InChI=1S/C9H10F2O9S2/c1-8-4-2-3(19-8)5(6(8)21(13,14)20-4)18-7(12)9(10,11)22(15,16)17/h3-6H,2H2,1H3,(H,15,16,17). The van der Waals surface area contributed by atoms with Gasteiger partial charge in [0, 0.05) is 6.42 Å².